The third-order valence-electron chi connectivity index (χ3n) is 6.49. The molecule has 1 aliphatic carbocycles. The fraction of sp³-hybridized carbons (Fsp3) is 0.591. The van der Waals surface area contributed by atoms with E-state index in [1.54, 1.807) is 4.68 Å². The monoisotopic (exact) mass is 423 g/mol. The van der Waals surface area contributed by atoms with E-state index in [0.29, 0.717) is 24.7 Å². The molecule has 9 heteroatoms. The summed E-state index contributed by atoms with van der Waals surface area (Å²) >= 11 is 0. The lowest BCUT2D eigenvalue weighted by atomic mass is 9.85. The molecule has 1 saturated carbocycles. The molecule has 164 valence electrons. The number of aliphatic hydroxyl groups excluding tert-OH is 1. The Bertz CT molecular complexity index is 1090. The molecule has 31 heavy (non-hydrogen) atoms. The Hall–Kier alpha value is -2.65. The topological polar surface area (TPSA) is 102 Å². The van der Waals surface area contributed by atoms with Crippen LogP contribution < -0.4 is 4.90 Å². The van der Waals surface area contributed by atoms with E-state index in [9.17, 15) is 5.11 Å². The third-order valence-corrected chi connectivity index (χ3v) is 6.49. The highest BCUT2D eigenvalue weighted by Gasteiger charge is 2.29. The van der Waals surface area contributed by atoms with Crippen molar-refractivity contribution in [1.82, 2.24) is 29.7 Å². The number of hydrogen-bond acceptors (Lipinski definition) is 8. The van der Waals surface area contributed by atoms with E-state index in [1.807, 2.05) is 33.3 Å². The average Bonchev–Trinajstić information content (AvgIpc) is 3.21. The van der Waals surface area contributed by atoms with Crippen LogP contribution in [0.3, 0.4) is 0 Å². The van der Waals surface area contributed by atoms with Crippen LogP contribution in [0.4, 0.5) is 5.95 Å². The summed E-state index contributed by atoms with van der Waals surface area (Å²) in [4.78, 5) is 21.6. The van der Waals surface area contributed by atoms with Crippen molar-refractivity contribution in [1.29, 1.82) is 0 Å². The van der Waals surface area contributed by atoms with E-state index >= 15 is 0 Å². The highest BCUT2D eigenvalue weighted by atomic mass is 16.5. The summed E-state index contributed by atoms with van der Waals surface area (Å²) < 4.78 is 7.80. The zero-order valence-electron chi connectivity index (χ0n) is 18.3. The van der Waals surface area contributed by atoms with Crippen LogP contribution in [-0.4, -0.2) is 60.6 Å². The van der Waals surface area contributed by atoms with Gasteiger partial charge >= 0.3 is 0 Å². The van der Waals surface area contributed by atoms with Gasteiger partial charge in [0, 0.05) is 31.3 Å². The summed E-state index contributed by atoms with van der Waals surface area (Å²) in [6.45, 7) is 5.93. The molecule has 5 rings (SSSR count). The Morgan fingerprint density at radius 1 is 1.03 bits per heavy atom. The first kappa shape index (κ1) is 20.3. The number of nitrogens with zero attached hydrogens (tertiary/aromatic N) is 7. The van der Waals surface area contributed by atoms with Gasteiger partial charge in [0.15, 0.2) is 5.65 Å². The zero-order chi connectivity index (χ0) is 21.5. The fourth-order valence-electron chi connectivity index (χ4n) is 4.54. The van der Waals surface area contributed by atoms with Gasteiger partial charge in [0.05, 0.1) is 42.5 Å². The van der Waals surface area contributed by atoms with Crippen LogP contribution in [-0.2, 0) is 11.8 Å². The van der Waals surface area contributed by atoms with Crippen LogP contribution >= 0.6 is 0 Å². The molecule has 0 amide bonds. The van der Waals surface area contributed by atoms with Crippen molar-refractivity contribution < 1.29 is 9.84 Å². The number of fused-ring (bicyclic) bond motifs is 1. The summed E-state index contributed by atoms with van der Waals surface area (Å²) in [5, 5.41) is 14.3. The van der Waals surface area contributed by atoms with Crippen LogP contribution in [0.1, 0.15) is 60.4 Å². The molecule has 0 aromatic carbocycles. The van der Waals surface area contributed by atoms with Gasteiger partial charge in [-0.2, -0.15) is 10.1 Å². The highest BCUT2D eigenvalue weighted by Crippen LogP contribution is 2.36. The van der Waals surface area contributed by atoms with Gasteiger partial charge in [0.25, 0.3) is 0 Å². The normalized spacial score (nSPS) is 24.6. The van der Waals surface area contributed by atoms with Gasteiger partial charge in [0.2, 0.25) is 5.95 Å². The molecule has 1 unspecified atom stereocenters. The second-order valence-corrected chi connectivity index (χ2v) is 8.73. The van der Waals surface area contributed by atoms with E-state index in [-0.39, 0.29) is 18.1 Å². The third kappa shape index (κ3) is 3.99. The number of aromatic nitrogens is 6. The first-order valence-corrected chi connectivity index (χ1v) is 11.0. The maximum absolute atomic E-state index is 9.98. The molecule has 0 spiro atoms. The minimum absolute atomic E-state index is 0.0686. The molecule has 1 saturated heterocycles. The van der Waals surface area contributed by atoms with Crippen molar-refractivity contribution in [3.63, 3.8) is 0 Å². The molecule has 3 aromatic rings. The SMILES string of the molecule is Cc1nc2nc(N3CCOC(c4cnn(C)c4)C3)nc(C3CCC(O)CC3)c2nc1C. The Morgan fingerprint density at radius 2 is 1.81 bits per heavy atom. The Morgan fingerprint density at radius 3 is 2.55 bits per heavy atom. The largest absolute Gasteiger partial charge is 0.393 e. The lowest BCUT2D eigenvalue weighted by Crippen LogP contribution is -2.39. The van der Waals surface area contributed by atoms with Crippen molar-refractivity contribution in [2.45, 2.75) is 57.7 Å². The zero-order valence-corrected chi connectivity index (χ0v) is 18.3. The predicted molar refractivity (Wildman–Crippen MR) is 116 cm³/mol. The maximum Gasteiger partial charge on any atom is 0.227 e. The first-order valence-electron chi connectivity index (χ1n) is 11.0. The number of aryl methyl sites for hydroxylation is 3. The number of morpholine rings is 1. The van der Waals surface area contributed by atoms with Gasteiger partial charge in [-0.25, -0.2) is 15.0 Å². The van der Waals surface area contributed by atoms with Crippen molar-refractivity contribution in [2.75, 3.05) is 24.6 Å². The molecule has 1 N–H and O–H groups in total. The number of rotatable bonds is 3. The molecule has 2 fully saturated rings. The molecule has 1 atom stereocenters. The van der Waals surface area contributed by atoms with Gasteiger partial charge in [0.1, 0.15) is 11.6 Å². The molecule has 3 aromatic heterocycles. The maximum atomic E-state index is 9.98. The van der Waals surface area contributed by atoms with Crippen molar-refractivity contribution in [3.8, 4) is 0 Å². The molecule has 0 radical (unpaired) electrons. The summed E-state index contributed by atoms with van der Waals surface area (Å²) in [6, 6.07) is 0. The molecule has 9 nitrogen and oxygen atoms in total. The van der Waals surface area contributed by atoms with Crippen molar-refractivity contribution in [3.05, 3.63) is 35.0 Å². The molecular formula is C22H29N7O2. The van der Waals surface area contributed by atoms with Crippen LogP contribution in [0.15, 0.2) is 12.4 Å². The van der Waals surface area contributed by atoms with Gasteiger partial charge < -0.3 is 14.7 Å². The molecule has 2 aliphatic rings. The van der Waals surface area contributed by atoms with Crippen molar-refractivity contribution in [2.24, 2.45) is 7.05 Å². The Labute approximate surface area is 181 Å². The smallest absolute Gasteiger partial charge is 0.227 e. The summed E-state index contributed by atoms with van der Waals surface area (Å²) in [5.41, 5.74) is 5.26. The molecule has 1 aliphatic heterocycles. The average molecular weight is 424 g/mol. The second-order valence-electron chi connectivity index (χ2n) is 8.73. The van der Waals surface area contributed by atoms with E-state index in [0.717, 1.165) is 60.4 Å². The lowest BCUT2D eigenvalue weighted by Gasteiger charge is -2.33. The lowest BCUT2D eigenvalue weighted by molar-refractivity contribution is 0.0392. The standard InChI is InChI=1S/C22H29N7O2/c1-13-14(2)25-21-20(24-13)19(15-4-6-17(30)7-5-15)26-22(27-21)29-8-9-31-18(12-29)16-10-23-28(3)11-16/h10-11,15,17-18,30H,4-9,12H2,1-3H3. The summed E-state index contributed by atoms with van der Waals surface area (Å²) in [6.07, 6.45) is 6.97. The van der Waals surface area contributed by atoms with Crippen LogP contribution in [0.5, 0.6) is 0 Å². The minimum atomic E-state index is -0.210. The van der Waals surface area contributed by atoms with Crippen molar-refractivity contribution >= 4 is 17.1 Å². The van der Waals surface area contributed by atoms with Crippen LogP contribution in [0.2, 0.25) is 0 Å². The van der Waals surface area contributed by atoms with Crippen LogP contribution in [0.25, 0.3) is 11.2 Å². The first-order chi connectivity index (χ1) is 15.0. The van der Waals surface area contributed by atoms with E-state index in [1.165, 1.54) is 0 Å². The Balaban J connectivity index is 1.53. The summed E-state index contributed by atoms with van der Waals surface area (Å²) in [5.74, 6) is 0.947. The van der Waals surface area contributed by atoms with Gasteiger partial charge in [-0.05, 0) is 39.5 Å². The second kappa shape index (κ2) is 8.12. The van der Waals surface area contributed by atoms with Gasteiger partial charge in [-0.1, -0.05) is 0 Å². The molecule has 4 heterocycles. The van der Waals surface area contributed by atoms with Gasteiger partial charge in [-0.3, -0.25) is 4.68 Å². The number of hydrogen-bond donors (Lipinski definition) is 1. The molecule has 0 bridgehead atoms. The number of ether oxygens (including phenoxy) is 1. The fourth-order valence-corrected chi connectivity index (χ4v) is 4.54. The highest BCUT2D eigenvalue weighted by molar-refractivity contribution is 5.75. The van der Waals surface area contributed by atoms with E-state index < -0.39 is 0 Å². The summed E-state index contributed by atoms with van der Waals surface area (Å²) in [7, 11) is 1.91. The number of anilines is 1. The number of aliphatic hydroxyl groups is 1. The van der Waals surface area contributed by atoms with Gasteiger partial charge in [-0.15, -0.1) is 0 Å². The van der Waals surface area contributed by atoms with Crippen LogP contribution in [0, 0.1) is 13.8 Å². The quantitative estimate of drug-likeness (QED) is 0.685. The molecular weight excluding hydrogens is 394 g/mol. The Kier molecular flexibility index (Phi) is 5.31. The van der Waals surface area contributed by atoms with E-state index in [2.05, 4.69) is 10.00 Å². The minimum Gasteiger partial charge on any atom is -0.393 e. The van der Waals surface area contributed by atoms with E-state index in [4.69, 9.17) is 24.7 Å². The predicted octanol–water partition coefficient (Wildman–Crippen LogP) is 2.37.